The summed E-state index contributed by atoms with van der Waals surface area (Å²) in [5, 5.41) is 0. The maximum absolute atomic E-state index is 10.4. The Bertz CT molecular complexity index is 463. The molecule has 0 aliphatic rings. The Hall–Kier alpha value is -1.97. The first-order chi connectivity index (χ1) is 7.31. The zero-order chi connectivity index (χ0) is 10.7. The SMILES string of the molecule is Cc1oc(-c2ccccn2)nc1CC=O. The quantitative estimate of drug-likeness (QED) is 0.712. The molecular weight excluding hydrogens is 192 g/mol. The first kappa shape index (κ1) is 9.58. The highest BCUT2D eigenvalue weighted by molar-refractivity contribution is 5.55. The lowest BCUT2D eigenvalue weighted by Gasteiger charge is -1.90. The number of hydrogen-bond acceptors (Lipinski definition) is 4. The number of pyridine rings is 1. The van der Waals surface area contributed by atoms with E-state index < -0.39 is 0 Å². The van der Waals surface area contributed by atoms with Gasteiger partial charge in [0.25, 0.3) is 0 Å². The van der Waals surface area contributed by atoms with E-state index in [4.69, 9.17) is 4.42 Å². The van der Waals surface area contributed by atoms with E-state index in [-0.39, 0.29) is 6.42 Å². The van der Waals surface area contributed by atoms with Crippen LogP contribution in [-0.2, 0) is 11.2 Å². The first-order valence-corrected chi connectivity index (χ1v) is 4.62. The summed E-state index contributed by atoms with van der Waals surface area (Å²) < 4.78 is 5.42. The highest BCUT2D eigenvalue weighted by Gasteiger charge is 2.10. The molecule has 4 heteroatoms. The number of aromatic nitrogens is 2. The average molecular weight is 202 g/mol. The summed E-state index contributed by atoms with van der Waals surface area (Å²) in [6, 6.07) is 5.50. The van der Waals surface area contributed by atoms with E-state index in [9.17, 15) is 4.79 Å². The van der Waals surface area contributed by atoms with Crippen molar-refractivity contribution in [3.05, 3.63) is 35.9 Å². The maximum Gasteiger partial charge on any atom is 0.245 e. The molecule has 0 aromatic carbocycles. The van der Waals surface area contributed by atoms with Crippen molar-refractivity contribution in [1.29, 1.82) is 0 Å². The van der Waals surface area contributed by atoms with Crippen LogP contribution in [0.3, 0.4) is 0 Å². The lowest BCUT2D eigenvalue weighted by atomic mass is 10.3. The molecule has 0 spiro atoms. The van der Waals surface area contributed by atoms with Crippen molar-refractivity contribution >= 4 is 6.29 Å². The van der Waals surface area contributed by atoms with Crippen LogP contribution < -0.4 is 0 Å². The van der Waals surface area contributed by atoms with Crippen LogP contribution >= 0.6 is 0 Å². The molecule has 0 aliphatic carbocycles. The summed E-state index contributed by atoms with van der Waals surface area (Å²) in [6.45, 7) is 1.79. The van der Waals surface area contributed by atoms with Crippen LogP contribution in [0.25, 0.3) is 11.6 Å². The van der Waals surface area contributed by atoms with Crippen LogP contribution in [0.2, 0.25) is 0 Å². The number of oxazole rings is 1. The molecule has 0 fully saturated rings. The molecule has 0 bridgehead atoms. The van der Waals surface area contributed by atoms with Crippen LogP contribution in [0, 0.1) is 6.92 Å². The molecule has 4 nitrogen and oxygen atoms in total. The van der Waals surface area contributed by atoms with Gasteiger partial charge in [0.2, 0.25) is 5.89 Å². The largest absolute Gasteiger partial charge is 0.440 e. The van der Waals surface area contributed by atoms with Crippen molar-refractivity contribution < 1.29 is 9.21 Å². The van der Waals surface area contributed by atoms with Gasteiger partial charge in [-0.25, -0.2) is 4.98 Å². The summed E-state index contributed by atoms with van der Waals surface area (Å²) in [4.78, 5) is 18.7. The van der Waals surface area contributed by atoms with Crippen molar-refractivity contribution in [2.24, 2.45) is 0 Å². The second kappa shape index (κ2) is 4.04. The predicted molar refractivity (Wildman–Crippen MR) is 54.2 cm³/mol. The molecule has 0 amide bonds. The van der Waals surface area contributed by atoms with Gasteiger partial charge in [-0.1, -0.05) is 6.07 Å². The smallest absolute Gasteiger partial charge is 0.245 e. The van der Waals surface area contributed by atoms with E-state index >= 15 is 0 Å². The maximum atomic E-state index is 10.4. The van der Waals surface area contributed by atoms with E-state index in [1.165, 1.54) is 0 Å². The highest BCUT2D eigenvalue weighted by atomic mass is 16.4. The Morgan fingerprint density at radius 1 is 1.47 bits per heavy atom. The van der Waals surface area contributed by atoms with Gasteiger partial charge in [0.05, 0.1) is 5.69 Å². The van der Waals surface area contributed by atoms with Gasteiger partial charge in [-0.15, -0.1) is 0 Å². The minimum absolute atomic E-state index is 0.280. The van der Waals surface area contributed by atoms with Gasteiger partial charge >= 0.3 is 0 Å². The van der Waals surface area contributed by atoms with Gasteiger partial charge in [-0.3, -0.25) is 4.98 Å². The summed E-state index contributed by atoms with van der Waals surface area (Å²) in [5.74, 6) is 1.13. The lowest BCUT2D eigenvalue weighted by Crippen LogP contribution is -1.88. The molecule has 0 saturated carbocycles. The Kier molecular flexibility index (Phi) is 2.58. The van der Waals surface area contributed by atoms with E-state index in [0.29, 0.717) is 23.0 Å². The summed E-state index contributed by atoms with van der Waals surface area (Å²) in [6.07, 6.45) is 2.77. The van der Waals surface area contributed by atoms with E-state index in [1.54, 1.807) is 13.1 Å². The van der Waals surface area contributed by atoms with E-state index in [1.807, 2.05) is 18.2 Å². The van der Waals surface area contributed by atoms with Crippen LogP contribution in [0.1, 0.15) is 11.5 Å². The van der Waals surface area contributed by atoms with Crippen molar-refractivity contribution in [2.45, 2.75) is 13.3 Å². The molecular formula is C11H10N2O2. The van der Waals surface area contributed by atoms with Crippen LogP contribution in [0.5, 0.6) is 0 Å². The zero-order valence-electron chi connectivity index (χ0n) is 8.30. The van der Waals surface area contributed by atoms with Gasteiger partial charge in [0, 0.05) is 12.6 Å². The molecule has 76 valence electrons. The summed E-state index contributed by atoms with van der Waals surface area (Å²) >= 11 is 0. The Balaban J connectivity index is 2.38. The second-order valence-electron chi connectivity index (χ2n) is 3.11. The zero-order valence-corrected chi connectivity index (χ0v) is 8.30. The van der Waals surface area contributed by atoms with Gasteiger partial charge in [0.15, 0.2) is 0 Å². The third kappa shape index (κ3) is 1.93. The van der Waals surface area contributed by atoms with Crippen LogP contribution in [-0.4, -0.2) is 16.3 Å². The van der Waals surface area contributed by atoms with Gasteiger partial charge in [-0.2, -0.15) is 0 Å². The monoisotopic (exact) mass is 202 g/mol. The fourth-order valence-corrected chi connectivity index (χ4v) is 1.30. The fraction of sp³-hybridized carbons (Fsp3) is 0.182. The molecule has 0 aliphatic heterocycles. The summed E-state index contributed by atoms with van der Waals surface area (Å²) in [7, 11) is 0. The second-order valence-corrected chi connectivity index (χ2v) is 3.11. The standard InChI is InChI=1S/C11H10N2O2/c1-8-9(5-7-14)13-11(15-8)10-4-2-3-6-12-10/h2-4,6-7H,5H2,1H3. The third-order valence-corrected chi connectivity index (χ3v) is 2.05. The molecule has 0 saturated heterocycles. The van der Waals surface area contributed by atoms with Gasteiger partial charge in [-0.05, 0) is 19.1 Å². The molecule has 2 heterocycles. The minimum atomic E-state index is 0.280. The number of rotatable bonds is 3. The van der Waals surface area contributed by atoms with Crippen molar-refractivity contribution in [2.75, 3.05) is 0 Å². The predicted octanol–water partition coefficient (Wildman–Crippen LogP) is 1.79. The molecule has 0 atom stereocenters. The van der Waals surface area contributed by atoms with Crippen molar-refractivity contribution in [3.63, 3.8) is 0 Å². The number of carbonyl (C=O) groups is 1. The number of nitrogens with zero attached hydrogens (tertiary/aromatic N) is 2. The first-order valence-electron chi connectivity index (χ1n) is 4.62. The minimum Gasteiger partial charge on any atom is -0.440 e. The molecule has 0 unspecified atom stereocenters. The van der Waals surface area contributed by atoms with Crippen molar-refractivity contribution in [3.8, 4) is 11.6 Å². The van der Waals surface area contributed by atoms with Gasteiger partial charge in [0.1, 0.15) is 17.7 Å². The molecule has 0 N–H and O–H groups in total. The Labute approximate surface area is 87.0 Å². The topological polar surface area (TPSA) is 56.0 Å². The third-order valence-electron chi connectivity index (χ3n) is 2.05. The Morgan fingerprint density at radius 3 is 3.00 bits per heavy atom. The van der Waals surface area contributed by atoms with Gasteiger partial charge < -0.3 is 9.21 Å². The lowest BCUT2D eigenvalue weighted by molar-refractivity contribution is -0.107. The van der Waals surface area contributed by atoms with Crippen LogP contribution in [0.4, 0.5) is 0 Å². The highest BCUT2D eigenvalue weighted by Crippen LogP contribution is 2.19. The van der Waals surface area contributed by atoms with E-state index in [0.717, 1.165) is 6.29 Å². The number of aryl methyl sites for hydroxylation is 1. The average Bonchev–Trinajstić information content (AvgIpc) is 2.63. The fourth-order valence-electron chi connectivity index (χ4n) is 1.30. The normalized spacial score (nSPS) is 10.2. The number of carbonyl (C=O) groups excluding carboxylic acids is 1. The molecule has 2 rings (SSSR count). The molecule has 0 radical (unpaired) electrons. The Morgan fingerprint density at radius 2 is 2.33 bits per heavy atom. The molecule has 2 aromatic heterocycles. The number of aldehydes is 1. The molecule has 2 aromatic rings. The van der Waals surface area contributed by atoms with E-state index in [2.05, 4.69) is 9.97 Å². The summed E-state index contributed by atoms with van der Waals surface area (Å²) in [5.41, 5.74) is 1.35. The van der Waals surface area contributed by atoms with Crippen LogP contribution in [0.15, 0.2) is 28.8 Å². The number of hydrogen-bond donors (Lipinski definition) is 0. The van der Waals surface area contributed by atoms with Crippen molar-refractivity contribution in [1.82, 2.24) is 9.97 Å². The molecule has 15 heavy (non-hydrogen) atoms.